The molecule has 0 spiro atoms. The molecule has 0 bridgehead atoms. The van der Waals surface area contributed by atoms with Crippen LogP contribution in [0.5, 0.6) is 5.75 Å². The van der Waals surface area contributed by atoms with Crippen LogP contribution in [0.2, 0.25) is 5.02 Å². The first-order chi connectivity index (χ1) is 17.3. The van der Waals surface area contributed by atoms with Crippen LogP contribution in [0.4, 0.5) is 0 Å². The second-order valence-electron chi connectivity index (χ2n) is 9.72. The molecule has 4 atom stereocenters. The van der Waals surface area contributed by atoms with E-state index < -0.39 is 17.8 Å². The third-order valence-corrected chi connectivity index (χ3v) is 7.36. The molecule has 2 aromatic carbocycles. The van der Waals surface area contributed by atoms with Gasteiger partial charge in [0.15, 0.2) is 0 Å². The number of ketones is 1. The number of carbonyl (C=O) groups excluding carboxylic acids is 2. The second-order valence-corrected chi connectivity index (χ2v) is 10.2. The molecule has 190 valence electrons. The van der Waals surface area contributed by atoms with Crippen molar-refractivity contribution < 1.29 is 19.1 Å². The van der Waals surface area contributed by atoms with Crippen LogP contribution < -0.4 is 4.74 Å². The van der Waals surface area contributed by atoms with Gasteiger partial charge in [-0.2, -0.15) is 0 Å². The summed E-state index contributed by atoms with van der Waals surface area (Å²) >= 11 is 6.08. The van der Waals surface area contributed by atoms with Gasteiger partial charge in [0.1, 0.15) is 11.5 Å². The first-order valence-corrected chi connectivity index (χ1v) is 13.2. The van der Waals surface area contributed by atoms with Gasteiger partial charge in [0, 0.05) is 28.8 Å². The number of fused-ring (bicyclic) bond motifs is 1. The molecule has 6 heteroatoms. The summed E-state index contributed by atoms with van der Waals surface area (Å²) in [6.45, 7) is 8.40. The van der Waals surface area contributed by atoms with Crippen molar-refractivity contribution in [3.63, 3.8) is 0 Å². The topological polar surface area (TPSA) is 65.0 Å². The van der Waals surface area contributed by atoms with Gasteiger partial charge in [-0.25, -0.2) is 4.79 Å². The Morgan fingerprint density at radius 3 is 2.33 bits per heavy atom. The van der Waals surface area contributed by atoms with Crippen LogP contribution in [0.25, 0.3) is 0 Å². The Morgan fingerprint density at radius 2 is 1.69 bits per heavy atom. The molecule has 1 aliphatic carbocycles. The molecule has 5 nitrogen and oxygen atoms in total. The van der Waals surface area contributed by atoms with Gasteiger partial charge in [-0.05, 0) is 74.4 Å². The van der Waals surface area contributed by atoms with Crippen molar-refractivity contribution in [2.45, 2.75) is 71.3 Å². The molecule has 4 rings (SSSR count). The molecule has 36 heavy (non-hydrogen) atoms. The van der Waals surface area contributed by atoms with Gasteiger partial charge in [-0.1, -0.05) is 49.7 Å². The van der Waals surface area contributed by atoms with Crippen LogP contribution in [0.15, 0.2) is 64.8 Å². The maximum Gasteiger partial charge on any atom is 0.336 e. The first kappa shape index (κ1) is 26.2. The van der Waals surface area contributed by atoms with E-state index in [1.807, 2.05) is 69.3 Å². The molecule has 2 aliphatic rings. The predicted octanol–water partition coefficient (Wildman–Crippen LogP) is 7.05. The number of benzene rings is 2. The summed E-state index contributed by atoms with van der Waals surface area (Å²) < 4.78 is 11.5. The Labute approximate surface area is 218 Å². The van der Waals surface area contributed by atoms with Crippen molar-refractivity contribution in [3.05, 3.63) is 76.0 Å². The standard InChI is InChI=1S/C30H34ClNO4/c1-5-15-35-24-13-9-21(10-14-24)28-27(30(34)36-18(3)6-2)19(4)32-25-16-22(17-26(33)29(25)28)20-7-11-23(31)12-8-20/h7-14,18,22,28-29H,5-6,15-17H2,1-4H3. The number of halogens is 1. The monoisotopic (exact) mass is 507 g/mol. The summed E-state index contributed by atoms with van der Waals surface area (Å²) in [4.78, 5) is 31.9. The number of nitrogens with zero attached hydrogens (tertiary/aromatic N) is 1. The highest BCUT2D eigenvalue weighted by molar-refractivity contribution is 6.30. The van der Waals surface area contributed by atoms with Gasteiger partial charge in [0.05, 0.1) is 24.2 Å². The number of carbonyl (C=O) groups is 2. The van der Waals surface area contributed by atoms with E-state index >= 15 is 0 Å². The average molecular weight is 508 g/mol. The Kier molecular flexibility index (Phi) is 8.30. The van der Waals surface area contributed by atoms with E-state index in [1.54, 1.807) is 0 Å². The number of hydrogen-bond acceptors (Lipinski definition) is 5. The lowest BCUT2D eigenvalue weighted by atomic mass is 9.66. The zero-order valence-electron chi connectivity index (χ0n) is 21.4. The average Bonchev–Trinajstić information content (AvgIpc) is 2.87. The van der Waals surface area contributed by atoms with Crippen molar-refractivity contribution in [1.82, 2.24) is 0 Å². The van der Waals surface area contributed by atoms with Crippen LogP contribution in [0.3, 0.4) is 0 Å². The molecule has 1 heterocycles. The first-order valence-electron chi connectivity index (χ1n) is 12.8. The van der Waals surface area contributed by atoms with Gasteiger partial charge in [-0.15, -0.1) is 0 Å². The maximum atomic E-state index is 13.7. The molecular formula is C30H34ClNO4. The van der Waals surface area contributed by atoms with Gasteiger partial charge in [0.2, 0.25) is 0 Å². The van der Waals surface area contributed by atoms with E-state index in [4.69, 9.17) is 26.1 Å². The van der Waals surface area contributed by atoms with E-state index in [0.29, 0.717) is 42.2 Å². The van der Waals surface area contributed by atoms with Crippen LogP contribution in [0.1, 0.15) is 76.3 Å². The number of hydrogen-bond donors (Lipinski definition) is 0. The highest BCUT2D eigenvalue weighted by atomic mass is 35.5. The number of esters is 1. The zero-order valence-corrected chi connectivity index (χ0v) is 22.2. The second kappa shape index (κ2) is 11.4. The Bertz CT molecular complexity index is 1170. The molecule has 1 saturated carbocycles. The lowest BCUT2D eigenvalue weighted by Gasteiger charge is -2.38. The number of aliphatic imine (C=N–C) groups is 1. The fourth-order valence-corrected chi connectivity index (χ4v) is 5.22. The molecule has 2 aromatic rings. The van der Waals surface area contributed by atoms with E-state index in [0.717, 1.165) is 29.0 Å². The van der Waals surface area contributed by atoms with Crippen LogP contribution in [0, 0.1) is 5.92 Å². The van der Waals surface area contributed by atoms with Gasteiger partial charge in [-0.3, -0.25) is 9.79 Å². The number of ether oxygens (including phenoxy) is 2. The fourth-order valence-electron chi connectivity index (χ4n) is 5.09. The van der Waals surface area contributed by atoms with E-state index in [1.165, 1.54) is 0 Å². The zero-order chi connectivity index (χ0) is 25.8. The minimum atomic E-state index is -0.487. The third kappa shape index (κ3) is 5.57. The van der Waals surface area contributed by atoms with Crippen molar-refractivity contribution >= 4 is 29.1 Å². The minimum Gasteiger partial charge on any atom is -0.494 e. The molecule has 0 aromatic heterocycles. The summed E-state index contributed by atoms with van der Waals surface area (Å²) in [5, 5.41) is 0.670. The Balaban J connectivity index is 1.73. The molecular weight excluding hydrogens is 474 g/mol. The summed E-state index contributed by atoms with van der Waals surface area (Å²) in [7, 11) is 0. The maximum absolute atomic E-state index is 13.7. The van der Waals surface area contributed by atoms with E-state index in [2.05, 4.69) is 6.92 Å². The number of rotatable bonds is 8. The summed E-state index contributed by atoms with van der Waals surface area (Å²) in [5.41, 5.74) is 3.90. The molecule has 0 N–H and O–H groups in total. The lowest BCUT2D eigenvalue weighted by Crippen LogP contribution is -2.41. The summed E-state index contributed by atoms with van der Waals surface area (Å²) in [6, 6.07) is 15.4. The van der Waals surface area contributed by atoms with E-state index in [-0.39, 0.29) is 17.8 Å². The van der Waals surface area contributed by atoms with Crippen LogP contribution in [-0.4, -0.2) is 30.2 Å². The normalized spacial score (nSPS) is 22.5. The molecule has 0 amide bonds. The third-order valence-electron chi connectivity index (χ3n) is 7.11. The molecule has 4 unspecified atom stereocenters. The van der Waals surface area contributed by atoms with Crippen LogP contribution in [-0.2, 0) is 14.3 Å². The molecule has 0 saturated heterocycles. The van der Waals surface area contributed by atoms with Crippen LogP contribution >= 0.6 is 11.6 Å². The smallest absolute Gasteiger partial charge is 0.336 e. The largest absolute Gasteiger partial charge is 0.494 e. The lowest BCUT2D eigenvalue weighted by molar-refractivity contribution is -0.144. The van der Waals surface area contributed by atoms with Crippen molar-refractivity contribution in [2.75, 3.05) is 6.61 Å². The van der Waals surface area contributed by atoms with Crippen molar-refractivity contribution in [2.24, 2.45) is 10.9 Å². The Hall–Kier alpha value is -2.92. The Morgan fingerprint density at radius 1 is 1.03 bits per heavy atom. The number of allylic oxidation sites excluding steroid dienone is 1. The minimum absolute atomic E-state index is 0.0386. The molecule has 0 radical (unpaired) electrons. The molecule has 1 aliphatic heterocycles. The molecule has 1 fully saturated rings. The quantitative estimate of drug-likeness (QED) is 0.359. The summed E-state index contributed by atoms with van der Waals surface area (Å²) in [5.74, 6) is -0.414. The summed E-state index contributed by atoms with van der Waals surface area (Å²) in [6.07, 6.45) is 2.48. The van der Waals surface area contributed by atoms with E-state index in [9.17, 15) is 9.59 Å². The SMILES string of the molecule is CCCOc1ccc(C2C(C(=O)OC(C)CC)=C(C)N=C3CC(c4ccc(Cl)cc4)CC(=O)C32)cc1. The van der Waals surface area contributed by atoms with Gasteiger partial charge < -0.3 is 9.47 Å². The van der Waals surface area contributed by atoms with Gasteiger partial charge >= 0.3 is 5.97 Å². The number of Topliss-reactive ketones (excluding diaryl/α,β-unsaturated/α-hetero) is 1. The predicted molar refractivity (Wildman–Crippen MR) is 143 cm³/mol. The highest BCUT2D eigenvalue weighted by Gasteiger charge is 2.46. The van der Waals surface area contributed by atoms with Crippen molar-refractivity contribution in [1.29, 1.82) is 0 Å². The van der Waals surface area contributed by atoms with Crippen molar-refractivity contribution in [3.8, 4) is 5.75 Å². The fraction of sp³-hybridized carbons (Fsp3) is 0.433. The van der Waals surface area contributed by atoms with Gasteiger partial charge in [0.25, 0.3) is 0 Å². The highest BCUT2D eigenvalue weighted by Crippen LogP contribution is 2.46.